The Bertz CT molecular complexity index is 1270. The highest BCUT2D eigenvalue weighted by molar-refractivity contribution is 7.89. The fourth-order valence-corrected chi connectivity index (χ4v) is 5.27. The van der Waals surface area contributed by atoms with Crippen LogP contribution in [0.4, 0.5) is 11.4 Å². The van der Waals surface area contributed by atoms with E-state index in [9.17, 15) is 13.2 Å². The van der Waals surface area contributed by atoms with Crippen molar-refractivity contribution < 1.29 is 17.9 Å². The maximum Gasteiger partial charge on any atom is 0.252 e. The number of benzene rings is 2. The van der Waals surface area contributed by atoms with E-state index in [0.29, 0.717) is 46.1 Å². The molecule has 4 rings (SSSR count). The van der Waals surface area contributed by atoms with E-state index in [0.717, 1.165) is 0 Å². The number of morpholine rings is 1. The number of fused-ring (bicyclic) bond motifs is 1. The first-order chi connectivity index (χ1) is 14.8. The molecule has 0 radical (unpaired) electrons. The minimum absolute atomic E-state index is 0.122. The summed E-state index contributed by atoms with van der Waals surface area (Å²) < 4.78 is 33.1. The molecule has 1 amide bonds. The normalized spacial score (nSPS) is 15.2. The summed E-state index contributed by atoms with van der Waals surface area (Å²) in [5.41, 5.74) is 7.96. The highest BCUT2D eigenvalue weighted by Crippen LogP contribution is 2.34. The number of anilines is 2. The number of nitrogens with zero attached hydrogens (tertiary/aromatic N) is 2. The molecule has 1 aliphatic heterocycles. The average molecular weight is 461 g/mol. The molecule has 0 aliphatic carbocycles. The fraction of sp³-hybridized carbons (Fsp3) is 0.238. The van der Waals surface area contributed by atoms with Crippen molar-refractivity contribution in [1.82, 2.24) is 9.29 Å². The summed E-state index contributed by atoms with van der Waals surface area (Å²) in [5, 5.41) is 4.15. The van der Waals surface area contributed by atoms with Crippen molar-refractivity contribution >= 4 is 49.8 Å². The zero-order chi connectivity index (χ0) is 22.2. The smallest absolute Gasteiger partial charge is 0.252 e. The highest BCUT2D eigenvalue weighted by Gasteiger charge is 2.28. The van der Waals surface area contributed by atoms with E-state index in [1.54, 1.807) is 37.3 Å². The van der Waals surface area contributed by atoms with Crippen LogP contribution < -0.4 is 11.1 Å². The minimum Gasteiger partial charge on any atom is -0.379 e. The molecule has 2 aromatic carbocycles. The standard InChI is InChI=1S/C21H21ClN4O4S/c1-13-9-16(31(28,29)26-5-7-30-8-6-26)11-17-19(13)24-12-18(21(23)27)20(17)25-15-4-2-3-14(22)10-15/h2-4,9-12H,5-8H2,1H3,(H2,23,27)(H,24,25). The molecule has 0 atom stereocenters. The minimum atomic E-state index is -3.74. The predicted molar refractivity (Wildman–Crippen MR) is 119 cm³/mol. The van der Waals surface area contributed by atoms with Crippen LogP contribution in [0, 0.1) is 6.92 Å². The molecule has 0 spiro atoms. The van der Waals surface area contributed by atoms with Crippen molar-refractivity contribution in [2.24, 2.45) is 5.73 Å². The van der Waals surface area contributed by atoms with Crippen LogP contribution in [0.2, 0.25) is 5.02 Å². The Morgan fingerprint density at radius 2 is 1.97 bits per heavy atom. The lowest BCUT2D eigenvalue weighted by Gasteiger charge is -2.26. The van der Waals surface area contributed by atoms with Crippen molar-refractivity contribution in [2.75, 3.05) is 31.6 Å². The lowest BCUT2D eigenvalue weighted by Crippen LogP contribution is -2.40. The summed E-state index contributed by atoms with van der Waals surface area (Å²) in [4.78, 5) is 16.6. The van der Waals surface area contributed by atoms with Gasteiger partial charge in [-0.05, 0) is 42.8 Å². The number of ether oxygens (including phenoxy) is 1. The summed E-state index contributed by atoms with van der Waals surface area (Å²) in [5.74, 6) is -0.682. The van der Waals surface area contributed by atoms with Gasteiger partial charge in [-0.2, -0.15) is 4.31 Å². The number of hydrogen-bond donors (Lipinski definition) is 2. The summed E-state index contributed by atoms with van der Waals surface area (Å²) >= 11 is 6.09. The first-order valence-corrected chi connectivity index (χ1v) is 11.4. The third-order valence-electron chi connectivity index (χ3n) is 5.10. The lowest BCUT2D eigenvalue weighted by atomic mass is 10.1. The summed E-state index contributed by atoms with van der Waals surface area (Å²) in [7, 11) is -3.74. The number of carbonyl (C=O) groups excluding carboxylic acids is 1. The van der Waals surface area contributed by atoms with E-state index in [4.69, 9.17) is 22.1 Å². The monoisotopic (exact) mass is 460 g/mol. The first kappa shape index (κ1) is 21.5. The largest absolute Gasteiger partial charge is 0.379 e. The number of pyridine rings is 1. The quantitative estimate of drug-likeness (QED) is 0.604. The number of sulfonamides is 1. The maximum atomic E-state index is 13.2. The molecule has 1 aliphatic rings. The molecule has 162 valence electrons. The Morgan fingerprint density at radius 1 is 1.23 bits per heavy atom. The lowest BCUT2D eigenvalue weighted by molar-refractivity contribution is 0.0730. The molecule has 0 unspecified atom stereocenters. The second-order valence-electron chi connectivity index (χ2n) is 7.20. The Kier molecular flexibility index (Phi) is 5.85. The molecular formula is C21H21ClN4O4S. The summed E-state index contributed by atoms with van der Waals surface area (Å²) in [6.07, 6.45) is 1.39. The van der Waals surface area contributed by atoms with Crippen molar-refractivity contribution in [3.63, 3.8) is 0 Å². The van der Waals surface area contributed by atoms with Gasteiger partial charge in [0.1, 0.15) is 0 Å². The van der Waals surface area contributed by atoms with E-state index < -0.39 is 15.9 Å². The van der Waals surface area contributed by atoms with Gasteiger partial charge < -0.3 is 15.8 Å². The topological polar surface area (TPSA) is 115 Å². The number of rotatable bonds is 5. The van der Waals surface area contributed by atoms with Crippen LogP contribution in [-0.2, 0) is 14.8 Å². The molecule has 8 nitrogen and oxygen atoms in total. The molecule has 31 heavy (non-hydrogen) atoms. The van der Waals surface area contributed by atoms with Crippen LogP contribution in [0.3, 0.4) is 0 Å². The third kappa shape index (κ3) is 4.22. The van der Waals surface area contributed by atoms with Gasteiger partial charge in [-0.3, -0.25) is 9.78 Å². The third-order valence-corrected chi connectivity index (χ3v) is 7.21. The molecule has 1 saturated heterocycles. The second kappa shape index (κ2) is 8.43. The van der Waals surface area contributed by atoms with Gasteiger partial charge in [0.05, 0.1) is 34.9 Å². The highest BCUT2D eigenvalue weighted by atomic mass is 35.5. The zero-order valence-corrected chi connectivity index (χ0v) is 18.3. The maximum absolute atomic E-state index is 13.2. The Hall–Kier alpha value is -2.72. The number of aryl methyl sites for hydroxylation is 1. The molecule has 3 N–H and O–H groups in total. The van der Waals surface area contributed by atoms with E-state index in [1.807, 2.05) is 0 Å². The first-order valence-electron chi connectivity index (χ1n) is 9.61. The van der Waals surface area contributed by atoms with Gasteiger partial charge in [0.15, 0.2) is 0 Å². The van der Waals surface area contributed by atoms with Crippen LogP contribution in [0.15, 0.2) is 47.5 Å². The number of aromatic nitrogens is 1. The van der Waals surface area contributed by atoms with Crippen LogP contribution in [0.25, 0.3) is 10.9 Å². The molecule has 0 bridgehead atoms. The molecule has 3 aromatic rings. The Balaban J connectivity index is 1.91. The number of amides is 1. The van der Waals surface area contributed by atoms with E-state index >= 15 is 0 Å². The molecule has 0 saturated carbocycles. The van der Waals surface area contributed by atoms with Gasteiger partial charge >= 0.3 is 0 Å². The van der Waals surface area contributed by atoms with Gasteiger partial charge in [-0.15, -0.1) is 0 Å². The number of nitrogens with one attached hydrogen (secondary N) is 1. The fourth-order valence-electron chi connectivity index (χ4n) is 3.56. The number of primary amides is 1. The number of halogens is 1. The van der Waals surface area contributed by atoms with Gasteiger partial charge in [-0.25, -0.2) is 8.42 Å². The van der Waals surface area contributed by atoms with E-state index in [2.05, 4.69) is 10.3 Å². The predicted octanol–water partition coefficient (Wildman–Crippen LogP) is 3.06. The van der Waals surface area contributed by atoms with E-state index in [1.165, 1.54) is 16.6 Å². The number of nitrogens with two attached hydrogens (primary N) is 1. The van der Waals surface area contributed by atoms with Gasteiger partial charge in [0, 0.05) is 35.4 Å². The van der Waals surface area contributed by atoms with Crippen LogP contribution in [-0.4, -0.2) is 49.9 Å². The van der Waals surface area contributed by atoms with Crippen molar-refractivity contribution in [3.05, 3.63) is 58.7 Å². The summed E-state index contributed by atoms with van der Waals surface area (Å²) in [6.45, 7) is 3.04. The molecular weight excluding hydrogens is 440 g/mol. The molecule has 1 aromatic heterocycles. The second-order valence-corrected chi connectivity index (χ2v) is 9.57. The zero-order valence-electron chi connectivity index (χ0n) is 16.8. The molecule has 10 heteroatoms. The van der Waals surface area contributed by atoms with Crippen LogP contribution >= 0.6 is 11.6 Å². The van der Waals surface area contributed by atoms with Crippen LogP contribution in [0.1, 0.15) is 15.9 Å². The Morgan fingerprint density at radius 3 is 2.65 bits per heavy atom. The Labute approximate surface area is 185 Å². The average Bonchev–Trinajstić information content (AvgIpc) is 2.74. The van der Waals surface area contributed by atoms with Crippen molar-refractivity contribution in [2.45, 2.75) is 11.8 Å². The number of hydrogen-bond acceptors (Lipinski definition) is 6. The van der Waals surface area contributed by atoms with Crippen molar-refractivity contribution in [3.8, 4) is 0 Å². The summed E-state index contributed by atoms with van der Waals surface area (Å²) in [6, 6.07) is 10.1. The van der Waals surface area contributed by atoms with Gasteiger partial charge in [-0.1, -0.05) is 17.7 Å². The van der Waals surface area contributed by atoms with Gasteiger partial charge in [0.25, 0.3) is 5.91 Å². The number of carbonyl (C=O) groups is 1. The van der Waals surface area contributed by atoms with E-state index in [-0.39, 0.29) is 23.5 Å². The van der Waals surface area contributed by atoms with Crippen molar-refractivity contribution in [1.29, 1.82) is 0 Å². The molecule has 1 fully saturated rings. The SMILES string of the molecule is Cc1cc(S(=O)(=O)N2CCOCC2)cc2c(Nc3cccc(Cl)c3)c(C(N)=O)cnc12. The van der Waals surface area contributed by atoms with Crippen LogP contribution in [0.5, 0.6) is 0 Å². The molecule has 2 heterocycles. The van der Waals surface area contributed by atoms with Gasteiger partial charge in [0.2, 0.25) is 10.0 Å².